The first kappa shape index (κ1) is 15.2. The van der Waals surface area contributed by atoms with E-state index in [4.69, 9.17) is 5.50 Å². The van der Waals surface area contributed by atoms with E-state index >= 15 is 0 Å². The molecule has 0 aromatic heterocycles. The third kappa shape index (κ3) is 2.31. The van der Waals surface area contributed by atoms with E-state index in [2.05, 4.69) is 48.5 Å². The second kappa shape index (κ2) is 3.89. The summed E-state index contributed by atoms with van der Waals surface area (Å²) in [6.45, 7) is 16.8. The van der Waals surface area contributed by atoms with Gasteiger partial charge in [0, 0.05) is 11.3 Å². The maximum absolute atomic E-state index is 12.7. The monoisotopic (exact) mass is 233 g/mol. The summed E-state index contributed by atoms with van der Waals surface area (Å²) in [7, 11) is -2.64. The van der Waals surface area contributed by atoms with Gasteiger partial charge in [-0.2, -0.15) is 0 Å². The Morgan fingerprint density at radius 2 is 1.20 bits per heavy atom. The summed E-state index contributed by atoms with van der Waals surface area (Å²) in [6, 6.07) is 0. The minimum atomic E-state index is -2.64. The van der Waals surface area contributed by atoms with Gasteiger partial charge in [-0.1, -0.05) is 55.4 Å². The average Bonchev–Trinajstić information content (AvgIpc) is 1.98. The highest BCUT2D eigenvalue weighted by Gasteiger charge is 2.56. The molecule has 1 atom stereocenters. The van der Waals surface area contributed by atoms with Gasteiger partial charge in [-0.25, -0.2) is 0 Å². The van der Waals surface area contributed by atoms with Crippen LogP contribution in [0, 0.1) is 10.8 Å². The Hall–Kier alpha value is 0.190. The maximum atomic E-state index is 12.7. The summed E-state index contributed by atoms with van der Waals surface area (Å²) < 4.78 is 12.7. The largest absolute Gasteiger partial charge is 0.306 e. The van der Waals surface area contributed by atoms with Crippen LogP contribution in [0.25, 0.3) is 0 Å². The van der Waals surface area contributed by atoms with Crippen molar-refractivity contribution < 1.29 is 4.57 Å². The van der Waals surface area contributed by atoms with Crippen molar-refractivity contribution in [2.45, 2.75) is 60.5 Å². The van der Waals surface area contributed by atoms with E-state index in [0.717, 1.165) is 0 Å². The third-order valence-corrected chi connectivity index (χ3v) is 7.94. The molecule has 3 heteroatoms. The zero-order valence-electron chi connectivity index (χ0n) is 11.6. The smallest absolute Gasteiger partial charge is 0.151 e. The van der Waals surface area contributed by atoms with E-state index in [1.165, 1.54) is 0 Å². The molecule has 2 nitrogen and oxygen atoms in total. The van der Waals surface area contributed by atoms with Gasteiger partial charge in [0.05, 0.1) is 0 Å². The normalized spacial score (nSPS) is 18.7. The van der Waals surface area contributed by atoms with Crippen LogP contribution in [-0.2, 0) is 4.57 Å². The molecule has 0 spiro atoms. The predicted octanol–water partition coefficient (Wildman–Crippen LogP) is 4.09. The predicted molar refractivity (Wildman–Crippen MR) is 69.6 cm³/mol. The molecule has 0 aromatic rings. The average molecular weight is 233 g/mol. The lowest BCUT2D eigenvalue weighted by Gasteiger charge is -2.54. The third-order valence-electron chi connectivity index (χ3n) is 4.15. The minimum absolute atomic E-state index is 0.0640. The van der Waals surface area contributed by atoms with E-state index in [-0.39, 0.29) is 16.0 Å². The molecule has 0 rings (SSSR count). The Labute approximate surface area is 95.4 Å². The van der Waals surface area contributed by atoms with E-state index in [0.29, 0.717) is 6.16 Å². The maximum Gasteiger partial charge on any atom is 0.151 e. The summed E-state index contributed by atoms with van der Waals surface area (Å²) in [6.07, 6.45) is 0.567. The van der Waals surface area contributed by atoms with E-state index in [1.807, 2.05) is 6.92 Å². The van der Waals surface area contributed by atoms with Crippen LogP contribution in [0.15, 0.2) is 0 Å². The molecule has 0 aliphatic carbocycles. The topological polar surface area (TPSA) is 43.1 Å². The second-order valence-electron chi connectivity index (χ2n) is 6.68. The van der Waals surface area contributed by atoms with Gasteiger partial charge in [0.1, 0.15) is 0 Å². The minimum Gasteiger partial charge on any atom is -0.306 e. The van der Waals surface area contributed by atoms with E-state index < -0.39 is 7.29 Å². The van der Waals surface area contributed by atoms with Crippen molar-refractivity contribution in [1.82, 2.24) is 0 Å². The van der Waals surface area contributed by atoms with Gasteiger partial charge < -0.3 is 4.57 Å². The van der Waals surface area contributed by atoms with Crippen molar-refractivity contribution in [1.29, 1.82) is 0 Å². The van der Waals surface area contributed by atoms with Crippen molar-refractivity contribution >= 4 is 7.29 Å². The van der Waals surface area contributed by atoms with Crippen LogP contribution in [0.5, 0.6) is 0 Å². The fourth-order valence-corrected chi connectivity index (χ4v) is 5.48. The van der Waals surface area contributed by atoms with Gasteiger partial charge in [-0.3, -0.25) is 5.50 Å². The zero-order chi connectivity index (χ0) is 12.7. The highest BCUT2D eigenvalue weighted by Crippen LogP contribution is 2.66. The molecule has 0 aliphatic rings. The molecule has 0 fully saturated rings. The molecule has 0 amide bonds. The molecular formula is C12H28NOP. The fourth-order valence-electron chi connectivity index (χ4n) is 2.58. The van der Waals surface area contributed by atoms with Crippen molar-refractivity contribution in [3.8, 4) is 0 Å². The molecule has 15 heavy (non-hydrogen) atoms. The van der Waals surface area contributed by atoms with Crippen LogP contribution in [0.1, 0.15) is 55.4 Å². The Morgan fingerprint density at radius 3 is 1.27 bits per heavy atom. The Bertz CT molecular complexity index is 256. The van der Waals surface area contributed by atoms with Crippen molar-refractivity contribution in [3.63, 3.8) is 0 Å². The molecule has 0 aliphatic heterocycles. The van der Waals surface area contributed by atoms with E-state index in [9.17, 15) is 4.57 Å². The van der Waals surface area contributed by atoms with Gasteiger partial charge in [0.25, 0.3) is 0 Å². The van der Waals surface area contributed by atoms with Crippen LogP contribution in [0.3, 0.4) is 0 Å². The van der Waals surface area contributed by atoms with Crippen LogP contribution in [0.2, 0.25) is 0 Å². The summed E-state index contributed by atoms with van der Waals surface area (Å²) in [5, 5.41) is -0.345. The molecule has 0 aromatic carbocycles. The molecule has 0 saturated carbocycles. The molecule has 0 saturated heterocycles. The van der Waals surface area contributed by atoms with Crippen LogP contribution < -0.4 is 5.50 Å². The number of hydrogen-bond acceptors (Lipinski definition) is 1. The Balaban J connectivity index is 5.76. The molecule has 0 bridgehead atoms. The van der Waals surface area contributed by atoms with Crippen LogP contribution in [0.4, 0.5) is 0 Å². The van der Waals surface area contributed by atoms with Gasteiger partial charge >= 0.3 is 0 Å². The first-order valence-electron chi connectivity index (χ1n) is 5.69. The molecule has 92 valence electrons. The summed E-state index contributed by atoms with van der Waals surface area (Å²) in [5.41, 5.74) is 5.99. The summed E-state index contributed by atoms with van der Waals surface area (Å²) in [4.78, 5) is 0. The molecule has 2 N–H and O–H groups in total. The number of hydrogen-bond donors (Lipinski definition) is 1. The number of nitrogens with two attached hydrogens (primary N) is 1. The summed E-state index contributed by atoms with van der Waals surface area (Å²) in [5.74, 6) is 0. The first-order valence-corrected chi connectivity index (χ1v) is 7.65. The molecule has 1 unspecified atom stereocenters. The zero-order valence-corrected chi connectivity index (χ0v) is 12.5. The standard InChI is InChI=1S/C12H28NOP/c1-9-15(13,14)12(8,10(2,3)4)11(5,6)7/h9H2,1-8H3,(H2,13,14). The van der Waals surface area contributed by atoms with Gasteiger partial charge in [-0.05, 0) is 10.8 Å². The second-order valence-corrected chi connectivity index (χ2v) is 9.80. The lowest BCUT2D eigenvalue weighted by molar-refractivity contribution is 0.144. The fraction of sp³-hybridized carbons (Fsp3) is 1.00. The molecule has 0 heterocycles. The highest BCUT2D eigenvalue weighted by molar-refractivity contribution is 7.63. The lowest BCUT2D eigenvalue weighted by atomic mass is 9.67. The lowest BCUT2D eigenvalue weighted by Crippen LogP contribution is -2.52. The first-order chi connectivity index (χ1) is 6.31. The van der Waals surface area contributed by atoms with Gasteiger partial charge in [-0.15, -0.1) is 0 Å². The highest BCUT2D eigenvalue weighted by atomic mass is 31.2. The summed E-state index contributed by atoms with van der Waals surface area (Å²) >= 11 is 0. The SMILES string of the molecule is CCP(N)(=O)C(C)(C(C)(C)C)C(C)(C)C. The van der Waals surface area contributed by atoms with Crippen molar-refractivity contribution in [2.75, 3.05) is 6.16 Å². The van der Waals surface area contributed by atoms with Crippen LogP contribution >= 0.6 is 7.29 Å². The van der Waals surface area contributed by atoms with Gasteiger partial charge in [0.2, 0.25) is 0 Å². The Morgan fingerprint density at radius 1 is 0.933 bits per heavy atom. The Kier molecular flexibility index (Phi) is 3.94. The van der Waals surface area contributed by atoms with Crippen LogP contribution in [-0.4, -0.2) is 11.3 Å². The molecule has 0 radical (unpaired) electrons. The van der Waals surface area contributed by atoms with Crippen molar-refractivity contribution in [3.05, 3.63) is 0 Å². The molecular weight excluding hydrogens is 205 g/mol. The number of rotatable bonds is 2. The van der Waals surface area contributed by atoms with Gasteiger partial charge in [0.15, 0.2) is 7.29 Å². The van der Waals surface area contributed by atoms with E-state index in [1.54, 1.807) is 0 Å². The quantitative estimate of drug-likeness (QED) is 0.730. The van der Waals surface area contributed by atoms with Crippen molar-refractivity contribution in [2.24, 2.45) is 16.3 Å².